The second-order valence-corrected chi connectivity index (χ2v) is 5.87. The van der Waals surface area contributed by atoms with Crippen molar-refractivity contribution >= 4 is 17.7 Å². The maximum Gasteiger partial charge on any atom is 0.341 e. The third-order valence-electron chi connectivity index (χ3n) is 3.68. The van der Waals surface area contributed by atoms with Crippen molar-refractivity contribution in [1.82, 2.24) is 4.90 Å². The lowest BCUT2D eigenvalue weighted by molar-refractivity contribution is -0.154. The smallest absolute Gasteiger partial charge is 0.341 e. The number of aliphatic carboxylic acids is 1. The zero-order valence-electron chi connectivity index (χ0n) is 9.32. The van der Waals surface area contributed by atoms with Gasteiger partial charge in [-0.2, -0.15) is 11.8 Å². The van der Waals surface area contributed by atoms with Crippen molar-refractivity contribution in [3.8, 4) is 0 Å². The number of carbonyl (C=O) groups is 1. The van der Waals surface area contributed by atoms with Gasteiger partial charge in [0, 0.05) is 32.0 Å². The van der Waals surface area contributed by atoms with Crippen molar-refractivity contribution in [3.63, 3.8) is 0 Å². The fraction of sp³-hybridized carbons (Fsp3) is 0.909. The zero-order valence-corrected chi connectivity index (χ0v) is 10.1. The molecule has 0 saturated carbocycles. The van der Waals surface area contributed by atoms with Crippen LogP contribution in [0.15, 0.2) is 0 Å². The Bertz CT molecular complexity index is 261. The molecule has 16 heavy (non-hydrogen) atoms. The molecule has 0 atom stereocenters. The standard InChI is InChI=1S/C11H18FNO2S/c12-11(10(14)15)3-5-13(6-4-11)9-1-7-16-8-2-9/h9H,1-8H2,(H,14,15). The van der Waals surface area contributed by atoms with Gasteiger partial charge in [-0.3, -0.25) is 0 Å². The molecule has 0 aromatic rings. The molecule has 2 saturated heterocycles. The van der Waals surface area contributed by atoms with E-state index in [1.165, 1.54) is 11.5 Å². The number of halogens is 1. The maximum atomic E-state index is 13.8. The van der Waals surface area contributed by atoms with Gasteiger partial charge in [0.25, 0.3) is 0 Å². The van der Waals surface area contributed by atoms with E-state index in [2.05, 4.69) is 4.90 Å². The summed E-state index contributed by atoms with van der Waals surface area (Å²) in [7, 11) is 0. The van der Waals surface area contributed by atoms with E-state index in [0.717, 1.165) is 12.8 Å². The first-order chi connectivity index (χ1) is 7.62. The predicted octanol–water partition coefficient (Wildman–Crippen LogP) is 1.77. The SMILES string of the molecule is O=C(O)C1(F)CCN(C2CCSCC2)CC1. The summed E-state index contributed by atoms with van der Waals surface area (Å²) < 4.78 is 13.8. The summed E-state index contributed by atoms with van der Waals surface area (Å²) in [5, 5.41) is 8.80. The number of thioether (sulfide) groups is 1. The van der Waals surface area contributed by atoms with E-state index in [-0.39, 0.29) is 12.8 Å². The lowest BCUT2D eigenvalue weighted by Crippen LogP contribution is -2.50. The summed E-state index contributed by atoms with van der Waals surface area (Å²) in [6, 6.07) is 0.555. The minimum absolute atomic E-state index is 0.145. The van der Waals surface area contributed by atoms with Crippen LogP contribution in [0.25, 0.3) is 0 Å². The second kappa shape index (κ2) is 4.92. The zero-order chi connectivity index (χ0) is 11.6. The maximum absolute atomic E-state index is 13.8. The molecular weight excluding hydrogens is 229 g/mol. The van der Waals surface area contributed by atoms with Gasteiger partial charge in [-0.1, -0.05) is 0 Å². The van der Waals surface area contributed by atoms with Crippen molar-refractivity contribution in [2.75, 3.05) is 24.6 Å². The molecule has 0 amide bonds. The first kappa shape index (κ1) is 12.2. The van der Waals surface area contributed by atoms with E-state index in [1.54, 1.807) is 0 Å². The molecule has 3 nitrogen and oxygen atoms in total. The van der Waals surface area contributed by atoms with Crippen molar-refractivity contribution in [3.05, 3.63) is 0 Å². The number of rotatable bonds is 2. The molecule has 2 fully saturated rings. The average Bonchev–Trinajstić information content (AvgIpc) is 2.31. The number of carboxylic acids is 1. The number of carboxylic acid groups (broad SMARTS) is 1. The lowest BCUT2D eigenvalue weighted by atomic mass is 9.92. The lowest BCUT2D eigenvalue weighted by Gasteiger charge is -2.40. The highest BCUT2D eigenvalue weighted by atomic mass is 32.2. The van der Waals surface area contributed by atoms with Gasteiger partial charge >= 0.3 is 5.97 Å². The van der Waals surface area contributed by atoms with Gasteiger partial charge in [-0.15, -0.1) is 0 Å². The summed E-state index contributed by atoms with van der Waals surface area (Å²) in [5.74, 6) is 1.08. The van der Waals surface area contributed by atoms with E-state index < -0.39 is 11.6 Å². The Morgan fingerprint density at radius 1 is 1.31 bits per heavy atom. The van der Waals surface area contributed by atoms with E-state index in [0.29, 0.717) is 19.1 Å². The van der Waals surface area contributed by atoms with Crippen LogP contribution in [-0.4, -0.2) is 52.3 Å². The predicted molar refractivity (Wildman–Crippen MR) is 62.6 cm³/mol. The molecule has 92 valence electrons. The third kappa shape index (κ3) is 2.51. The van der Waals surface area contributed by atoms with Gasteiger partial charge < -0.3 is 10.0 Å². The third-order valence-corrected chi connectivity index (χ3v) is 4.73. The van der Waals surface area contributed by atoms with E-state index in [9.17, 15) is 9.18 Å². The summed E-state index contributed by atoms with van der Waals surface area (Å²) >= 11 is 1.97. The number of piperidine rings is 1. The summed E-state index contributed by atoms with van der Waals surface area (Å²) in [6.07, 6.45) is 2.62. The first-order valence-electron chi connectivity index (χ1n) is 5.86. The number of hydrogen-bond acceptors (Lipinski definition) is 3. The normalized spacial score (nSPS) is 27.8. The van der Waals surface area contributed by atoms with E-state index in [1.807, 2.05) is 11.8 Å². The molecule has 2 rings (SSSR count). The Kier molecular flexibility index (Phi) is 3.74. The van der Waals surface area contributed by atoms with Gasteiger partial charge in [0.15, 0.2) is 0 Å². The highest BCUT2D eigenvalue weighted by Crippen LogP contribution is 2.30. The first-order valence-corrected chi connectivity index (χ1v) is 7.01. The van der Waals surface area contributed by atoms with Gasteiger partial charge in [-0.25, -0.2) is 9.18 Å². The van der Waals surface area contributed by atoms with Crippen molar-refractivity contribution in [2.45, 2.75) is 37.4 Å². The summed E-state index contributed by atoms with van der Waals surface area (Å²) in [6.45, 7) is 1.19. The number of hydrogen-bond donors (Lipinski definition) is 1. The van der Waals surface area contributed by atoms with Gasteiger partial charge in [0.1, 0.15) is 0 Å². The van der Waals surface area contributed by atoms with Crippen LogP contribution >= 0.6 is 11.8 Å². The largest absolute Gasteiger partial charge is 0.479 e. The molecule has 0 radical (unpaired) electrons. The van der Waals surface area contributed by atoms with Crippen LogP contribution < -0.4 is 0 Å². The van der Waals surface area contributed by atoms with Crippen LogP contribution in [0.5, 0.6) is 0 Å². The van der Waals surface area contributed by atoms with Crippen molar-refractivity contribution < 1.29 is 14.3 Å². The molecule has 0 spiro atoms. The topological polar surface area (TPSA) is 40.5 Å². The van der Waals surface area contributed by atoms with Gasteiger partial charge in [0.2, 0.25) is 5.67 Å². The summed E-state index contributed by atoms with van der Waals surface area (Å²) in [5.41, 5.74) is -1.97. The molecule has 0 aliphatic carbocycles. The molecule has 2 aliphatic rings. The van der Waals surface area contributed by atoms with Crippen LogP contribution in [0.3, 0.4) is 0 Å². The number of likely N-dealkylation sites (tertiary alicyclic amines) is 1. The molecule has 2 heterocycles. The monoisotopic (exact) mass is 247 g/mol. The Labute approximate surface area is 99.4 Å². The molecule has 2 aliphatic heterocycles. The Morgan fingerprint density at radius 2 is 1.88 bits per heavy atom. The van der Waals surface area contributed by atoms with Crippen molar-refractivity contribution in [1.29, 1.82) is 0 Å². The second-order valence-electron chi connectivity index (χ2n) is 4.65. The molecule has 0 aromatic carbocycles. The summed E-state index contributed by atoms with van der Waals surface area (Å²) in [4.78, 5) is 13.0. The van der Waals surface area contributed by atoms with Crippen molar-refractivity contribution in [2.24, 2.45) is 0 Å². The molecule has 0 unspecified atom stereocenters. The Hall–Kier alpha value is -0.290. The highest BCUT2D eigenvalue weighted by Gasteiger charge is 2.42. The minimum atomic E-state index is -1.97. The fourth-order valence-corrected chi connectivity index (χ4v) is 3.59. The van der Waals surface area contributed by atoms with Crippen LogP contribution in [0.1, 0.15) is 25.7 Å². The molecule has 0 bridgehead atoms. The minimum Gasteiger partial charge on any atom is -0.479 e. The quantitative estimate of drug-likeness (QED) is 0.807. The Morgan fingerprint density at radius 3 is 2.38 bits per heavy atom. The highest BCUT2D eigenvalue weighted by molar-refractivity contribution is 7.99. The van der Waals surface area contributed by atoms with Crippen LogP contribution in [-0.2, 0) is 4.79 Å². The average molecular weight is 247 g/mol. The van der Waals surface area contributed by atoms with Gasteiger partial charge in [0.05, 0.1) is 0 Å². The van der Waals surface area contributed by atoms with E-state index in [4.69, 9.17) is 5.11 Å². The van der Waals surface area contributed by atoms with Crippen LogP contribution in [0, 0.1) is 0 Å². The molecule has 0 aromatic heterocycles. The Balaban J connectivity index is 1.87. The number of nitrogens with zero attached hydrogens (tertiary/aromatic N) is 1. The van der Waals surface area contributed by atoms with Gasteiger partial charge in [-0.05, 0) is 24.3 Å². The van der Waals surface area contributed by atoms with E-state index >= 15 is 0 Å². The fourth-order valence-electron chi connectivity index (χ4n) is 2.51. The molecule has 5 heteroatoms. The number of alkyl halides is 1. The van der Waals surface area contributed by atoms with Crippen LogP contribution in [0.4, 0.5) is 4.39 Å². The molecule has 1 N–H and O–H groups in total. The van der Waals surface area contributed by atoms with Crippen LogP contribution in [0.2, 0.25) is 0 Å². The molecular formula is C11H18FNO2S.